The molecule has 0 heterocycles. The van der Waals surface area contributed by atoms with E-state index in [1.165, 1.54) is 0 Å². The first-order valence-corrected chi connectivity index (χ1v) is 5.80. The summed E-state index contributed by atoms with van der Waals surface area (Å²) in [5.41, 5.74) is 1.75. The molecule has 0 aliphatic heterocycles. The lowest BCUT2D eigenvalue weighted by atomic mass is 10.3. The first-order valence-electron chi connectivity index (χ1n) is 5.80. The van der Waals surface area contributed by atoms with Crippen molar-refractivity contribution in [1.29, 1.82) is 0 Å². The van der Waals surface area contributed by atoms with E-state index in [-0.39, 0.29) is 5.91 Å². The predicted octanol–water partition coefficient (Wildman–Crippen LogP) is 3.38. The van der Waals surface area contributed by atoms with Crippen LogP contribution in [0.5, 0.6) is 5.75 Å². The Morgan fingerprint density at radius 1 is 1.29 bits per heavy atom. The van der Waals surface area contributed by atoms with Crippen LogP contribution in [-0.2, 0) is 4.79 Å². The van der Waals surface area contributed by atoms with Gasteiger partial charge in [0.05, 0.1) is 6.61 Å². The molecule has 0 radical (unpaired) electrons. The number of benzene rings is 1. The van der Waals surface area contributed by atoms with E-state index in [2.05, 4.69) is 12.2 Å². The summed E-state index contributed by atoms with van der Waals surface area (Å²) < 4.78 is 5.46. The number of ether oxygens (including phenoxy) is 1. The van der Waals surface area contributed by atoms with Gasteiger partial charge in [-0.3, -0.25) is 4.79 Å². The quantitative estimate of drug-likeness (QED) is 0.792. The minimum Gasteiger partial charge on any atom is -0.494 e. The summed E-state index contributed by atoms with van der Waals surface area (Å²) in [6.45, 7) is 6.56. The molecule has 3 heteroatoms. The molecular weight excluding hydrogens is 214 g/mol. The molecule has 0 bridgehead atoms. The van der Waals surface area contributed by atoms with Gasteiger partial charge in [0.1, 0.15) is 5.75 Å². The summed E-state index contributed by atoms with van der Waals surface area (Å²) in [5.74, 6) is 0.722. The highest BCUT2D eigenvalue weighted by Crippen LogP contribution is 2.15. The highest BCUT2D eigenvalue weighted by molar-refractivity contribution is 5.99. The number of carbonyl (C=O) groups excluding carboxylic acids is 1. The molecule has 0 spiro atoms. The Morgan fingerprint density at radius 3 is 2.47 bits per heavy atom. The van der Waals surface area contributed by atoms with Gasteiger partial charge >= 0.3 is 0 Å². The lowest BCUT2D eigenvalue weighted by Crippen LogP contribution is -2.08. The first-order chi connectivity index (χ1) is 8.11. The SMILES string of the molecule is CCCOc1ccc(NC(=O)C=C(C)C)cc1. The third-order valence-electron chi connectivity index (χ3n) is 2.01. The van der Waals surface area contributed by atoms with Gasteiger partial charge in [-0.25, -0.2) is 0 Å². The van der Waals surface area contributed by atoms with E-state index in [0.29, 0.717) is 6.61 Å². The van der Waals surface area contributed by atoms with Gasteiger partial charge in [0, 0.05) is 11.8 Å². The number of anilines is 1. The largest absolute Gasteiger partial charge is 0.494 e. The lowest BCUT2D eigenvalue weighted by Gasteiger charge is -2.06. The fraction of sp³-hybridized carbons (Fsp3) is 0.357. The average Bonchev–Trinajstić information content (AvgIpc) is 2.27. The second kappa shape index (κ2) is 6.74. The molecule has 0 saturated carbocycles. The van der Waals surface area contributed by atoms with Gasteiger partial charge in [-0.2, -0.15) is 0 Å². The number of carbonyl (C=O) groups is 1. The van der Waals surface area contributed by atoms with Gasteiger partial charge in [0.25, 0.3) is 0 Å². The van der Waals surface area contributed by atoms with Gasteiger partial charge in [0.15, 0.2) is 0 Å². The molecule has 1 aromatic rings. The van der Waals surface area contributed by atoms with E-state index in [4.69, 9.17) is 4.74 Å². The summed E-state index contributed by atoms with van der Waals surface area (Å²) >= 11 is 0. The molecule has 0 aliphatic carbocycles. The molecule has 1 rings (SSSR count). The number of amides is 1. The molecular formula is C14H19NO2. The predicted molar refractivity (Wildman–Crippen MR) is 70.3 cm³/mol. The number of nitrogens with one attached hydrogen (secondary N) is 1. The van der Waals surface area contributed by atoms with E-state index in [9.17, 15) is 4.79 Å². The number of hydrogen-bond donors (Lipinski definition) is 1. The average molecular weight is 233 g/mol. The van der Waals surface area contributed by atoms with Crippen LogP contribution in [0.25, 0.3) is 0 Å². The zero-order chi connectivity index (χ0) is 12.7. The molecule has 1 amide bonds. The molecule has 3 nitrogen and oxygen atoms in total. The van der Waals surface area contributed by atoms with Gasteiger partial charge in [-0.05, 0) is 44.5 Å². The fourth-order valence-electron chi connectivity index (χ4n) is 1.29. The Bertz CT molecular complexity index is 389. The molecule has 92 valence electrons. The first kappa shape index (κ1) is 13.3. The Labute approximate surface area is 102 Å². The normalized spacial score (nSPS) is 9.59. The zero-order valence-electron chi connectivity index (χ0n) is 10.6. The van der Waals surface area contributed by atoms with E-state index >= 15 is 0 Å². The number of allylic oxidation sites excluding steroid dienone is 1. The highest BCUT2D eigenvalue weighted by Gasteiger charge is 1.99. The van der Waals surface area contributed by atoms with Crippen molar-refractivity contribution in [3.8, 4) is 5.75 Å². The van der Waals surface area contributed by atoms with Crippen molar-refractivity contribution >= 4 is 11.6 Å². The smallest absolute Gasteiger partial charge is 0.248 e. The molecule has 1 N–H and O–H groups in total. The van der Waals surface area contributed by atoms with Crippen LogP contribution in [0.3, 0.4) is 0 Å². The molecule has 0 aliphatic rings. The third kappa shape index (κ3) is 5.20. The van der Waals surface area contributed by atoms with Crippen LogP contribution in [0.1, 0.15) is 27.2 Å². The lowest BCUT2D eigenvalue weighted by molar-refractivity contribution is -0.111. The van der Waals surface area contributed by atoms with E-state index in [0.717, 1.165) is 23.4 Å². The maximum absolute atomic E-state index is 11.5. The Morgan fingerprint density at radius 2 is 1.94 bits per heavy atom. The summed E-state index contributed by atoms with van der Waals surface area (Å²) in [6, 6.07) is 7.38. The topological polar surface area (TPSA) is 38.3 Å². The monoisotopic (exact) mass is 233 g/mol. The fourth-order valence-corrected chi connectivity index (χ4v) is 1.29. The minimum absolute atomic E-state index is 0.104. The maximum Gasteiger partial charge on any atom is 0.248 e. The summed E-state index contributed by atoms with van der Waals surface area (Å²) in [7, 11) is 0. The zero-order valence-corrected chi connectivity index (χ0v) is 10.6. The third-order valence-corrected chi connectivity index (χ3v) is 2.01. The standard InChI is InChI=1S/C14H19NO2/c1-4-9-17-13-7-5-12(6-8-13)15-14(16)10-11(2)3/h5-8,10H,4,9H2,1-3H3,(H,15,16). The Hall–Kier alpha value is -1.77. The minimum atomic E-state index is -0.104. The van der Waals surface area contributed by atoms with Crippen LogP contribution in [0.4, 0.5) is 5.69 Å². The molecule has 0 aromatic heterocycles. The van der Waals surface area contributed by atoms with Crippen molar-refractivity contribution in [2.75, 3.05) is 11.9 Å². The summed E-state index contributed by atoms with van der Waals surface area (Å²) in [4.78, 5) is 11.5. The molecule has 0 unspecified atom stereocenters. The van der Waals surface area contributed by atoms with E-state index in [1.807, 2.05) is 38.1 Å². The Balaban J connectivity index is 2.56. The van der Waals surface area contributed by atoms with Crippen molar-refractivity contribution in [3.05, 3.63) is 35.9 Å². The van der Waals surface area contributed by atoms with Crippen LogP contribution in [-0.4, -0.2) is 12.5 Å². The van der Waals surface area contributed by atoms with Crippen molar-refractivity contribution in [2.24, 2.45) is 0 Å². The molecule has 0 atom stereocenters. The second-order valence-electron chi connectivity index (χ2n) is 4.08. The van der Waals surface area contributed by atoms with Gasteiger partial charge in [-0.15, -0.1) is 0 Å². The van der Waals surface area contributed by atoms with Crippen molar-refractivity contribution in [3.63, 3.8) is 0 Å². The van der Waals surface area contributed by atoms with Crippen LogP contribution < -0.4 is 10.1 Å². The molecule has 0 fully saturated rings. The van der Waals surface area contributed by atoms with Crippen molar-refractivity contribution in [2.45, 2.75) is 27.2 Å². The molecule has 17 heavy (non-hydrogen) atoms. The summed E-state index contributed by atoms with van der Waals surface area (Å²) in [5, 5.41) is 2.79. The van der Waals surface area contributed by atoms with Gasteiger partial charge < -0.3 is 10.1 Å². The van der Waals surface area contributed by atoms with Crippen molar-refractivity contribution in [1.82, 2.24) is 0 Å². The number of rotatable bonds is 5. The summed E-state index contributed by atoms with van der Waals surface area (Å²) in [6.07, 6.45) is 2.56. The molecule has 1 aromatic carbocycles. The van der Waals surface area contributed by atoms with Crippen LogP contribution >= 0.6 is 0 Å². The Kier molecular flexibility index (Phi) is 5.27. The van der Waals surface area contributed by atoms with Gasteiger partial charge in [0.2, 0.25) is 5.91 Å². The van der Waals surface area contributed by atoms with Crippen LogP contribution in [0.15, 0.2) is 35.9 Å². The van der Waals surface area contributed by atoms with E-state index in [1.54, 1.807) is 6.08 Å². The van der Waals surface area contributed by atoms with Gasteiger partial charge in [-0.1, -0.05) is 12.5 Å². The van der Waals surface area contributed by atoms with Crippen LogP contribution in [0, 0.1) is 0 Å². The second-order valence-corrected chi connectivity index (χ2v) is 4.08. The molecule has 0 saturated heterocycles. The maximum atomic E-state index is 11.5. The van der Waals surface area contributed by atoms with Crippen LogP contribution in [0.2, 0.25) is 0 Å². The number of hydrogen-bond acceptors (Lipinski definition) is 2. The van der Waals surface area contributed by atoms with Crippen molar-refractivity contribution < 1.29 is 9.53 Å². The van der Waals surface area contributed by atoms with E-state index < -0.39 is 0 Å². The highest BCUT2D eigenvalue weighted by atomic mass is 16.5.